The predicted octanol–water partition coefficient (Wildman–Crippen LogP) is 4.03. The Bertz CT molecular complexity index is 1230. The Morgan fingerprint density at radius 1 is 1.15 bits per heavy atom. The number of rotatable bonds is 9. The van der Waals surface area contributed by atoms with Crippen molar-refractivity contribution >= 4 is 17.2 Å². The Morgan fingerprint density at radius 2 is 2.00 bits per heavy atom. The van der Waals surface area contributed by atoms with Gasteiger partial charge in [-0.25, -0.2) is 9.37 Å². The second-order valence-corrected chi connectivity index (χ2v) is 8.57. The number of hydrogen-bond acceptors (Lipinski definition) is 8. The third-order valence-corrected chi connectivity index (χ3v) is 5.87. The minimum atomic E-state index is -1.12. The molecule has 0 aliphatic carbocycles. The molecule has 4 rings (SSSR count). The number of nitrogens with two attached hydrogens (primary N) is 1. The lowest BCUT2D eigenvalue weighted by Crippen LogP contribution is -2.14. The Hall–Kier alpha value is -3.44. The van der Waals surface area contributed by atoms with Gasteiger partial charge in [0.25, 0.3) is 0 Å². The van der Waals surface area contributed by atoms with E-state index in [1.165, 1.54) is 23.5 Å². The van der Waals surface area contributed by atoms with E-state index in [2.05, 4.69) is 25.4 Å². The topological polar surface area (TPSA) is 95.0 Å². The van der Waals surface area contributed by atoms with Crippen molar-refractivity contribution in [1.82, 2.24) is 30.1 Å². The van der Waals surface area contributed by atoms with Crippen LogP contribution in [0.3, 0.4) is 0 Å². The van der Waals surface area contributed by atoms with Crippen LogP contribution in [0.4, 0.5) is 14.6 Å². The van der Waals surface area contributed by atoms with Crippen LogP contribution in [0.1, 0.15) is 12.8 Å². The van der Waals surface area contributed by atoms with Crippen LogP contribution in [0.15, 0.2) is 41.9 Å². The molecule has 4 aromatic rings. The van der Waals surface area contributed by atoms with Gasteiger partial charge in [0, 0.05) is 16.6 Å². The van der Waals surface area contributed by atoms with Crippen LogP contribution in [0, 0.1) is 11.6 Å². The maximum Gasteiger partial charge on any atom is 0.202 e. The number of nitrogens with zero attached hydrogens (tertiary/aromatic N) is 6. The molecule has 0 bridgehead atoms. The zero-order chi connectivity index (χ0) is 23.4. The molecule has 0 saturated heterocycles. The number of pyridine rings is 1. The highest BCUT2D eigenvalue weighted by molar-refractivity contribution is 7.13. The lowest BCUT2D eigenvalue weighted by atomic mass is 10.1. The molecule has 3 heterocycles. The molecule has 0 aliphatic rings. The number of anilines is 1. The van der Waals surface area contributed by atoms with E-state index in [1.54, 1.807) is 12.3 Å². The van der Waals surface area contributed by atoms with Gasteiger partial charge < -0.3 is 15.4 Å². The fraction of sp³-hybridized carbons (Fsp3) is 0.273. The highest BCUT2D eigenvalue weighted by atomic mass is 32.1. The van der Waals surface area contributed by atoms with E-state index >= 15 is 0 Å². The standard InChI is InChI=1S/C22H23F2N7OS/c1-30(2)9-3-4-10-32-17-8-7-16(19(23)20(17)24)31-22(27-28-29-31)15-12-14(13-26-21(15)25)18-6-5-11-33-18/h5-8,11-13H,3-4,9-10H2,1-2H3,(H2,25,26). The fourth-order valence-corrected chi connectivity index (χ4v) is 3.97. The van der Waals surface area contributed by atoms with Gasteiger partial charge in [0.2, 0.25) is 5.82 Å². The fourth-order valence-electron chi connectivity index (χ4n) is 3.26. The van der Waals surface area contributed by atoms with Crippen molar-refractivity contribution in [3.05, 3.63) is 53.5 Å². The molecule has 1 aromatic carbocycles. The zero-order valence-electron chi connectivity index (χ0n) is 18.2. The lowest BCUT2D eigenvalue weighted by Gasteiger charge is -2.12. The van der Waals surface area contributed by atoms with Crippen LogP contribution < -0.4 is 10.5 Å². The molecule has 0 spiro atoms. The van der Waals surface area contributed by atoms with Crippen molar-refractivity contribution in [2.75, 3.05) is 33.0 Å². The minimum absolute atomic E-state index is 0.147. The summed E-state index contributed by atoms with van der Waals surface area (Å²) >= 11 is 1.54. The summed E-state index contributed by atoms with van der Waals surface area (Å²) in [5, 5.41) is 13.4. The van der Waals surface area contributed by atoms with Gasteiger partial charge in [-0.15, -0.1) is 16.4 Å². The molecular formula is C22H23F2N7OS. The Labute approximate surface area is 193 Å². The highest BCUT2D eigenvalue weighted by Crippen LogP contribution is 2.32. The van der Waals surface area contributed by atoms with Gasteiger partial charge in [0.1, 0.15) is 11.5 Å². The second-order valence-electron chi connectivity index (χ2n) is 7.62. The molecule has 0 amide bonds. The summed E-state index contributed by atoms with van der Waals surface area (Å²) in [4.78, 5) is 7.26. The van der Waals surface area contributed by atoms with E-state index in [0.29, 0.717) is 5.56 Å². The number of tetrazole rings is 1. The molecule has 172 valence electrons. The van der Waals surface area contributed by atoms with E-state index in [0.717, 1.165) is 34.5 Å². The molecule has 0 aliphatic heterocycles. The first-order valence-corrected chi connectivity index (χ1v) is 11.2. The number of halogens is 2. The summed E-state index contributed by atoms with van der Waals surface area (Å²) in [5.74, 6) is -2.05. The number of hydrogen-bond donors (Lipinski definition) is 1. The van der Waals surface area contributed by atoms with Crippen molar-refractivity contribution in [3.8, 4) is 33.3 Å². The maximum absolute atomic E-state index is 15.0. The first kappa shape index (κ1) is 22.7. The molecule has 0 radical (unpaired) electrons. The van der Waals surface area contributed by atoms with E-state index in [9.17, 15) is 8.78 Å². The van der Waals surface area contributed by atoms with Crippen LogP contribution >= 0.6 is 11.3 Å². The van der Waals surface area contributed by atoms with Gasteiger partial charge in [-0.05, 0) is 73.6 Å². The molecule has 0 unspecified atom stereocenters. The van der Waals surface area contributed by atoms with E-state index in [1.807, 2.05) is 31.6 Å². The summed E-state index contributed by atoms with van der Waals surface area (Å²) in [6.45, 7) is 1.18. The van der Waals surface area contributed by atoms with Crippen LogP contribution in [0.2, 0.25) is 0 Å². The molecule has 33 heavy (non-hydrogen) atoms. The number of unbranched alkanes of at least 4 members (excludes halogenated alkanes) is 1. The third-order valence-electron chi connectivity index (χ3n) is 4.95. The Kier molecular flexibility index (Phi) is 6.90. The summed E-state index contributed by atoms with van der Waals surface area (Å²) in [6, 6.07) is 8.38. The SMILES string of the molecule is CN(C)CCCCOc1ccc(-n2nnnc2-c2cc(-c3cccs3)cnc2N)c(F)c1F. The van der Waals surface area contributed by atoms with E-state index < -0.39 is 11.6 Å². The van der Waals surface area contributed by atoms with Crippen molar-refractivity contribution in [3.63, 3.8) is 0 Å². The van der Waals surface area contributed by atoms with Gasteiger partial charge in [0.15, 0.2) is 17.4 Å². The van der Waals surface area contributed by atoms with Crippen LogP contribution in [-0.2, 0) is 0 Å². The van der Waals surface area contributed by atoms with Gasteiger partial charge in [-0.3, -0.25) is 0 Å². The predicted molar refractivity (Wildman–Crippen MR) is 123 cm³/mol. The molecule has 0 atom stereocenters. The number of aromatic nitrogens is 5. The Balaban J connectivity index is 1.60. The van der Waals surface area contributed by atoms with E-state index in [4.69, 9.17) is 10.5 Å². The van der Waals surface area contributed by atoms with Crippen molar-refractivity contribution in [2.24, 2.45) is 0 Å². The number of benzene rings is 1. The van der Waals surface area contributed by atoms with Crippen LogP contribution in [0.25, 0.3) is 27.5 Å². The quantitative estimate of drug-likeness (QED) is 0.368. The molecule has 0 fully saturated rings. The van der Waals surface area contributed by atoms with Gasteiger partial charge in [0.05, 0.1) is 12.2 Å². The highest BCUT2D eigenvalue weighted by Gasteiger charge is 2.22. The molecular weight excluding hydrogens is 448 g/mol. The first-order chi connectivity index (χ1) is 16.0. The number of nitrogen functional groups attached to an aromatic ring is 1. The summed E-state index contributed by atoms with van der Waals surface area (Å²) in [5.41, 5.74) is 7.13. The number of thiophene rings is 1. The minimum Gasteiger partial charge on any atom is -0.490 e. The maximum atomic E-state index is 15.0. The van der Waals surface area contributed by atoms with Gasteiger partial charge in [-0.2, -0.15) is 9.07 Å². The second kappa shape index (κ2) is 10.0. The summed E-state index contributed by atoms with van der Waals surface area (Å²) in [6.07, 6.45) is 3.26. The molecule has 3 aromatic heterocycles. The summed E-state index contributed by atoms with van der Waals surface area (Å²) < 4.78 is 36.3. The lowest BCUT2D eigenvalue weighted by molar-refractivity contribution is 0.276. The van der Waals surface area contributed by atoms with Crippen molar-refractivity contribution in [2.45, 2.75) is 12.8 Å². The van der Waals surface area contributed by atoms with Gasteiger partial charge in [-0.1, -0.05) is 6.07 Å². The smallest absolute Gasteiger partial charge is 0.202 e. The van der Waals surface area contributed by atoms with E-state index in [-0.39, 0.29) is 29.7 Å². The first-order valence-electron chi connectivity index (χ1n) is 10.3. The zero-order valence-corrected chi connectivity index (χ0v) is 19.0. The molecule has 2 N–H and O–H groups in total. The van der Waals surface area contributed by atoms with Crippen molar-refractivity contribution < 1.29 is 13.5 Å². The van der Waals surface area contributed by atoms with Gasteiger partial charge >= 0.3 is 0 Å². The largest absolute Gasteiger partial charge is 0.490 e. The monoisotopic (exact) mass is 471 g/mol. The normalized spacial score (nSPS) is 11.3. The third kappa shape index (κ3) is 4.99. The van der Waals surface area contributed by atoms with Crippen LogP contribution in [-0.4, -0.2) is 57.3 Å². The number of ether oxygens (including phenoxy) is 1. The summed E-state index contributed by atoms with van der Waals surface area (Å²) in [7, 11) is 3.95. The Morgan fingerprint density at radius 3 is 2.76 bits per heavy atom. The molecule has 0 saturated carbocycles. The van der Waals surface area contributed by atoms with Crippen LogP contribution in [0.5, 0.6) is 5.75 Å². The average molecular weight is 472 g/mol. The van der Waals surface area contributed by atoms with Crippen molar-refractivity contribution in [1.29, 1.82) is 0 Å². The molecule has 8 nitrogen and oxygen atoms in total. The average Bonchev–Trinajstić information content (AvgIpc) is 3.49. The molecule has 11 heteroatoms.